The summed E-state index contributed by atoms with van der Waals surface area (Å²) in [4.78, 5) is 0. The molecule has 0 atom stereocenters. The number of benzene rings is 1. The molecule has 0 saturated carbocycles. The van der Waals surface area contributed by atoms with Gasteiger partial charge in [-0.1, -0.05) is 0 Å². The van der Waals surface area contributed by atoms with Gasteiger partial charge in [0, 0.05) is 6.61 Å². The topological polar surface area (TPSA) is 9.23 Å². The van der Waals surface area contributed by atoms with Gasteiger partial charge in [-0.15, -0.1) is 5.56 Å². The molecule has 0 spiro atoms. The minimum atomic E-state index is 0. The molecule has 1 rings (SSSR count). The van der Waals surface area contributed by atoms with E-state index in [2.05, 4.69) is 6.07 Å². The van der Waals surface area contributed by atoms with Gasteiger partial charge in [-0.3, -0.25) is 0 Å². The SMILES string of the molecule is CC(C)OCc1cc[c-]cc1.[Rf]. The van der Waals surface area contributed by atoms with E-state index in [1.165, 1.54) is 5.56 Å². The first-order valence-corrected chi connectivity index (χ1v) is 3.85. The first kappa shape index (κ1) is 10.2. The van der Waals surface area contributed by atoms with Gasteiger partial charge in [-0.05, 0) is 13.8 Å². The van der Waals surface area contributed by atoms with Crippen LogP contribution in [0.15, 0.2) is 24.3 Å². The van der Waals surface area contributed by atoms with Crippen molar-refractivity contribution in [2.45, 2.75) is 26.6 Å². The van der Waals surface area contributed by atoms with Gasteiger partial charge in [0.1, 0.15) is 0 Å². The molecule has 0 unspecified atom stereocenters. The van der Waals surface area contributed by atoms with Crippen LogP contribution in [0, 0.1) is 6.07 Å². The van der Waals surface area contributed by atoms with E-state index in [1.54, 1.807) is 0 Å². The van der Waals surface area contributed by atoms with E-state index < -0.39 is 0 Å². The van der Waals surface area contributed by atoms with Crippen LogP contribution in [0.25, 0.3) is 0 Å². The average Bonchev–Trinajstić information content (AvgIpc) is 2.03. The number of ether oxygens (including phenoxy) is 1. The van der Waals surface area contributed by atoms with Crippen molar-refractivity contribution in [2.75, 3.05) is 0 Å². The third-order valence-corrected chi connectivity index (χ3v) is 1.37. The molecule has 1 aromatic rings. The Morgan fingerprint density at radius 3 is 2.42 bits per heavy atom. The molecule has 0 aliphatic rings. The first-order chi connectivity index (χ1) is 5.29. The average molecular weight is 416 g/mol. The van der Waals surface area contributed by atoms with Crippen molar-refractivity contribution in [1.29, 1.82) is 0 Å². The first-order valence-electron chi connectivity index (χ1n) is 3.85. The largest absolute Gasteiger partial charge is 0.376 e. The Morgan fingerprint density at radius 1 is 1.33 bits per heavy atom. The van der Waals surface area contributed by atoms with Gasteiger partial charge in [0.2, 0.25) is 0 Å². The van der Waals surface area contributed by atoms with Crippen LogP contribution in [0.2, 0.25) is 0 Å². The number of hydrogen-bond acceptors (Lipinski definition) is 1. The Bertz CT molecular complexity index is 196. The second-order valence-corrected chi connectivity index (χ2v) is 2.77. The summed E-state index contributed by atoms with van der Waals surface area (Å²) in [6.07, 6.45) is 0.305. The van der Waals surface area contributed by atoms with E-state index in [0.717, 1.165) is 0 Å². The number of hydrogen-bond donors (Lipinski definition) is 0. The smallest absolute Gasteiger partial charge is 0.0522 e. The second kappa shape index (κ2) is 4.91. The van der Waals surface area contributed by atoms with Crippen LogP contribution in [0.5, 0.6) is 0 Å². The molecule has 62 valence electrons. The summed E-state index contributed by atoms with van der Waals surface area (Å²) in [6, 6.07) is 10.8. The van der Waals surface area contributed by atoms with Crippen molar-refractivity contribution in [2.24, 2.45) is 0 Å². The number of rotatable bonds is 3. The van der Waals surface area contributed by atoms with Crippen molar-refractivity contribution in [1.82, 2.24) is 0 Å². The zero-order chi connectivity index (χ0) is 8.10. The molecule has 0 heterocycles. The summed E-state index contributed by atoms with van der Waals surface area (Å²) in [7, 11) is 0. The van der Waals surface area contributed by atoms with Crippen LogP contribution in [0.3, 0.4) is 0 Å². The molecule has 1 nitrogen and oxygen atoms in total. The van der Waals surface area contributed by atoms with Crippen LogP contribution in [-0.4, -0.2) is 6.10 Å². The fraction of sp³-hybridized carbons (Fsp3) is 0.400. The molecular formula is C10H13ORf-. The minimum Gasteiger partial charge on any atom is -0.376 e. The standard InChI is InChI=1S/C10H13O.Rf/c1-9(2)11-8-10-6-4-3-5-7-10;/h4-7,9H,8H2,1-2H3;/q-1;. The Labute approximate surface area is 68.0 Å². The van der Waals surface area contributed by atoms with Gasteiger partial charge in [0.15, 0.2) is 0 Å². The predicted octanol–water partition coefficient (Wildman–Crippen LogP) is 2.41. The van der Waals surface area contributed by atoms with Crippen molar-refractivity contribution in [3.63, 3.8) is 0 Å². The zero-order valence-corrected chi connectivity index (χ0v) is 14.1. The second-order valence-electron chi connectivity index (χ2n) is 2.77. The van der Waals surface area contributed by atoms with Crippen LogP contribution in [-0.2, 0) is 11.3 Å². The zero-order valence-electron chi connectivity index (χ0n) is 7.71. The molecular weight excluding hydrogens is 403 g/mol. The monoisotopic (exact) mass is 416 g/mol. The summed E-state index contributed by atoms with van der Waals surface area (Å²) in [5.74, 6) is 0. The van der Waals surface area contributed by atoms with Gasteiger partial charge in [0.05, 0.1) is 6.10 Å². The quantitative estimate of drug-likeness (QED) is 0.688. The van der Waals surface area contributed by atoms with E-state index in [-0.39, 0.29) is 0 Å². The summed E-state index contributed by atoms with van der Waals surface area (Å²) >= 11 is 0. The van der Waals surface area contributed by atoms with Crippen LogP contribution >= 0.6 is 0 Å². The molecule has 0 N–H and O–H groups in total. The predicted molar refractivity (Wildman–Crippen MR) is 45.2 cm³/mol. The maximum Gasteiger partial charge on any atom is 0.0522 e. The molecule has 0 fully saturated rings. The summed E-state index contributed by atoms with van der Waals surface area (Å²) in [5.41, 5.74) is 1.21. The van der Waals surface area contributed by atoms with Crippen molar-refractivity contribution >= 4 is 0 Å². The van der Waals surface area contributed by atoms with E-state index in [9.17, 15) is 0 Å². The molecule has 0 aromatic heterocycles. The molecule has 0 aliphatic heterocycles. The van der Waals surface area contributed by atoms with E-state index >= 15 is 0 Å². The van der Waals surface area contributed by atoms with Crippen LogP contribution in [0.4, 0.5) is 0 Å². The summed E-state index contributed by atoms with van der Waals surface area (Å²) in [5, 5.41) is 0. The molecule has 1 aromatic carbocycles. The van der Waals surface area contributed by atoms with Crippen LogP contribution < -0.4 is 0 Å². The molecule has 12 heavy (non-hydrogen) atoms. The Balaban J connectivity index is 0.00000121. The summed E-state index contributed by atoms with van der Waals surface area (Å²) < 4.78 is 5.41. The van der Waals surface area contributed by atoms with Gasteiger partial charge in [-0.25, -0.2) is 0 Å². The van der Waals surface area contributed by atoms with Gasteiger partial charge in [-0.2, -0.15) is 30.3 Å². The van der Waals surface area contributed by atoms with Crippen molar-refractivity contribution in [3.8, 4) is 0 Å². The third kappa shape index (κ3) is 3.37. The Morgan fingerprint density at radius 2 is 1.92 bits per heavy atom. The van der Waals surface area contributed by atoms with Crippen molar-refractivity contribution < 1.29 is 4.74 Å². The van der Waals surface area contributed by atoms with Gasteiger partial charge < -0.3 is 4.74 Å². The Kier molecular flexibility index (Phi) is 4.17. The molecule has 0 bridgehead atoms. The van der Waals surface area contributed by atoms with Crippen LogP contribution in [0.1, 0.15) is 19.4 Å². The van der Waals surface area contributed by atoms with E-state index in [0.29, 0.717) is 12.7 Å². The van der Waals surface area contributed by atoms with Crippen molar-refractivity contribution in [3.05, 3.63) is 35.9 Å². The third-order valence-electron chi connectivity index (χ3n) is 1.37. The van der Waals surface area contributed by atoms with E-state index in [1.807, 2.05) is 38.1 Å². The molecule has 0 amide bonds. The normalized spacial score (nSPS) is 9.58. The van der Waals surface area contributed by atoms with Gasteiger partial charge in [0.25, 0.3) is 0 Å². The van der Waals surface area contributed by atoms with E-state index in [4.69, 9.17) is 4.74 Å². The minimum absolute atomic E-state index is 0. The summed E-state index contributed by atoms with van der Waals surface area (Å²) in [6.45, 7) is 4.77. The maximum atomic E-state index is 5.41. The Hall–Kier alpha value is -1.82. The molecule has 0 saturated heterocycles. The molecule has 0 aliphatic carbocycles. The fourth-order valence-corrected chi connectivity index (χ4v) is 0.781. The van der Waals surface area contributed by atoms with Gasteiger partial charge >= 0.3 is 0 Å². The maximum absolute atomic E-state index is 5.41. The fourth-order valence-electron chi connectivity index (χ4n) is 0.781. The molecule has 2 heteroatoms. The molecule has 0 radical (unpaired) electrons.